The fourth-order valence-electron chi connectivity index (χ4n) is 4.42. The number of hydrogen-bond donors (Lipinski definition) is 4. The Bertz CT molecular complexity index is 1430. The maximum Gasteiger partial charge on any atom is 0.335 e. The molecule has 1 fully saturated rings. The third-order valence-corrected chi connectivity index (χ3v) is 7.20. The zero-order chi connectivity index (χ0) is 23.9. The lowest BCUT2D eigenvalue weighted by Crippen LogP contribution is -2.41. The van der Waals surface area contributed by atoms with E-state index in [9.17, 15) is 18.1 Å². The first-order valence-electron chi connectivity index (χ1n) is 10.8. The van der Waals surface area contributed by atoms with Gasteiger partial charge in [-0.2, -0.15) is 12.7 Å². The number of nitrogens with one attached hydrogen (secondary N) is 2. The van der Waals surface area contributed by atoms with Crippen LogP contribution < -0.4 is 5.32 Å². The number of aliphatic hydroxyl groups excluding tert-OH is 1. The molecule has 5 rings (SSSR count). The highest BCUT2D eigenvalue weighted by Crippen LogP contribution is 2.31. The quantitative estimate of drug-likeness (QED) is 0.308. The Balaban J connectivity index is 1.41. The van der Waals surface area contributed by atoms with Gasteiger partial charge in [0.1, 0.15) is 17.7 Å². The molecule has 4 N–H and O–H groups in total. The summed E-state index contributed by atoms with van der Waals surface area (Å²) < 4.78 is 33.1. The number of nitrogens with zero attached hydrogens (tertiary/aromatic N) is 4. The molecule has 2 heterocycles. The Morgan fingerprint density at radius 2 is 1.76 bits per heavy atom. The molecular formula is C23H24N6O4S. The van der Waals surface area contributed by atoms with E-state index in [-0.39, 0.29) is 6.04 Å². The van der Waals surface area contributed by atoms with Crippen molar-refractivity contribution in [1.29, 1.82) is 0 Å². The maximum atomic E-state index is 11.5. The maximum absolute atomic E-state index is 11.5. The van der Waals surface area contributed by atoms with E-state index in [0.29, 0.717) is 35.6 Å². The van der Waals surface area contributed by atoms with Crippen LogP contribution in [0.5, 0.6) is 0 Å². The van der Waals surface area contributed by atoms with Gasteiger partial charge in [0.05, 0.1) is 12.1 Å². The lowest BCUT2D eigenvalue weighted by atomic mass is 10.0. The zero-order valence-electron chi connectivity index (χ0n) is 18.3. The van der Waals surface area contributed by atoms with Crippen LogP contribution in [0.1, 0.15) is 12.8 Å². The number of aromatic amines is 1. The van der Waals surface area contributed by atoms with Gasteiger partial charge in [-0.15, -0.1) is 0 Å². The standard InChI is InChI=1S/C23H24N6O4S/c1-29(34(31,32)33)18-11-17(12-19(18)30)26-22-20-23(25-13-24-22)28-21(27-20)16-9-5-8-15(10-16)14-6-3-2-4-7-14/h2-10,13,17-19,30H,11-12H2,1H3,(H,31,32,33)(H2,24,25,26,27,28)/t17-,18+,19+/m1/s1. The Morgan fingerprint density at radius 1 is 1.03 bits per heavy atom. The van der Waals surface area contributed by atoms with Crippen molar-refractivity contribution in [2.45, 2.75) is 31.0 Å². The van der Waals surface area contributed by atoms with Crippen molar-refractivity contribution in [3.63, 3.8) is 0 Å². The van der Waals surface area contributed by atoms with Gasteiger partial charge >= 0.3 is 10.3 Å². The molecule has 176 valence electrons. The van der Waals surface area contributed by atoms with Gasteiger partial charge in [0.2, 0.25) is 0 Å². The van der Waals surface area contributed by atoms with Crippen molar-refractivity contribution in [3.05, 3.63) is 60.9 Å². The molecule has 0 aliphatic heterocycles. The van der Waals surface area contributed by atoms with Crippen LogP contribution in [0, 0.1) is 0 Å². The van der Waals surface area contributed by atoms with E-state index in [1.807, 2.05) is 48.5 Å². The summed E-state index contributed by atoms with van der Waals surface area (Å²) in [5.41, 5.74) is 4.17. The highest BCUT2D eigenvalue weighted by molar-refractivity contribution is 7.83. The minimum absolute atomic E-state index is 0.254. The van der Waals surface area contributed by atoms with E-state index >= 15 is 0 Å². The van der Waals surface area contributed by atoms with E-state index in [2.05, 4.69) is 31.3 Å². The third-order valence-electron chi connectivity index (χ3n) is 6.20. The van der Waals surface area contributed by atoms with Gasteiger partial charge in [0.25, 0.3) is 0 Å². The first-order chi connectivity index (χ1) is 16.3. The Labute approximate surface area is 196 Å². The highest BCUT2D eigenvalue weighted by Gasteiger charge is 2.39. The fourth-order valence-corrected chi connectivity index (χ4v) is 4.99. The number of likely N-dealkylation sites (N-methyl/N-ethyl adjacent to an activating group) is 1. The van der Waals surface area contributed by atoms with Gasteiger partial charge in [0, 0.05) is 18.7 Å². The summed E-state index contributed by atoms with van der Waals surface area (Å²) in [6.45, 7) is 0. The molecule has 2 aromatic carbocycles. The number of rotatable bonds is 6. The van der Waals surface area contributed by atoms with Crippen molar-refractivity contribution in [2.75, 3.05) is 12.4 Å². The van der Waals surface area contributed by atoms with Gasteiger partial charge in [-0.25, -0.2) is 15.0 Å². The average molecular weight is 481 g/mol. The van der Waals surface area contributed by atoms with E-state index < -0.39 is 22.4 Å². The van der Waals surface area contributed by atoms with Gasteiger partial charge in [-0.1, -0.05) is 48.5 Å². The fraction of sp³-hybridized carbons (Fsp3) is 0.261. The number of benzene rings is 2. The lowest BCUT2D eigenvalue weighted by Gasteiger charge is -2.23. The Kier molecular flexibility index (Phi) is 5.78. The molecule has 11 heteroatoms. The van der Waals surface area contributed by atoms with Crippen LogP contribution in [-0.4, -0.2) is 67.6 Å². The predicted molar refractivity (Wildman–Crippen MR) is 128 cm³/mol. The number of anilines is 1. The second-order valence-corrected chi connectivity index (χ2v) is 9.87. The zero-order valence-corrected chi connectivity index (χ0v) is 19.1. The highest BCUT2D eigenvalue weighted by atomic mass is 32.2. The van der Waals surface area contributed by atoms with Gasteiger partial charge in [-0.3, -0.25) is 4.55 Å². The van der Waals surface area contributed by atoms with E-state index in [1.165, 1.54) is 13.4 Å². The van der Waals surface area contributed by atoms with Crippen LogP contribution in [0.3, 0.4) is 0 Å². The van der Waals surface area contributed by atoms with E-state index in [0.717, 1.165) is 21.0 Å². The van der Waals surface area contributed by atoms with Crippen molar-refractivity contribution in [1.82, 2.24) is 24.2 Å². The molecular weight excluding hydrogens is 456 g/mol. The van der Waals surface area contributed by atoms with E-state index in [4.69, 9.17) is 0 Å². The summed E-state index contributed by atoms with van der Waals surface area (Å²) in [4.78, 5) is 16.5. The normalized spacial score (nSPS) is 20.8. The number of fused-ring (bicyclic) bond motifs is 1. The molecule has 34 heavy (non-hydrogen) atoms. The molecule has 0 bridgehead atoms. The van der Waals surface area contributed by atoms with Crippen LogP contribution >= 0.6 is 0 Å². The minimum Gasteiger partial charge on any atom is -0.391 e. The molecule has 2 aromatic heterocycles. The van der Waals surface area contributed by atoms with Crippen LogP contribution in [0.15, 0.2) is 60.9 Å². The predicted octanol–water partition coefficient (Wildman–Crippen LogP) is 2.73. The van der Waals surface area contributed by atoms with Crippen molar-refractivity contribution in [3.8, 4) is 22.5 Å². The molecule has 1 saturated carbocycles. The smallest absolute Gasteiger partial charge is 0.335 e. The van der Waals surface area contributed by atoms with E-state index in [1.54, 1.807) is 0 Å². The largest absolute Gasteiger partial charge is 0.391 e. The second-order valence-electron chi connectivity index (χ2n) is 8.39. The van der Waals surface area contributed by atoms with Crippen molar-refractivity contribution >= 4 is 27.3 Å². The number of H-pyrrole nitrogens is 1. The van der Waals surface area contributed by atoms with Crippen LogP contribution in [0.2, 0.25) is 0 Å². The van der Waals surface area contributed by atoms with Crippen molar-refractivity contribution in [2.24, 2.45) is 0 Å². The molecule has 0 spiro atoms. The van der Waals surface area contributed by atoms with Crippen LogP contribution in [-0.2, 0) is 10.3 Å². The Morgan fingerprint density at radius 3 is 2.53 bits per heavy atom. The summed E-state index contributed by atoms with van der Waals surface area (Å²) in [5, 5.41) is 13.6. The number of aliphatic hydroxyl groups is 1. The van der Waals surface area contributed by atoms with Crippen LogP contribution in [0.25, 0.3) is 33.7 Å². The molecule has 0 amide bonds. The number of imidazole rings is 1. The first-order valence-corrected chi connectivity index (χ1v) is 12.2. The van der Waals surface area contributed by atoms with Crippen molar-refractivity contribution < 1.29 is 18.1 Å². The third kappa shape index (κ3) is 4.38. The van der Waals surface area contributed by atoms with Crippen LogP contribution in [0.4, 0.5) is 5.82 Å². The van der Waals surface area contributed by atoms with Gasteiger partial charge in [-0.05, 0) is 30.0 Å². The first kappa shape index (κ1) is 22.4. The topological polar surface area (TPSA) is 144 Å². The summed E-state index contributed by atoms with van der Waals surface area (Å²) in [6, 6.07) is 17.1. The molecule has 0 saturated heterocycles. The second kappa shape index (κ2) is 8.76. The summed E-state index contributed by atoms with van der Waals surface area (Å²) in [6.07, 6.45) is 1.10. The summed E-state index contributed by atoms with van der Waals surface area (Å²) in [7, 11) is -3.15. The average Bonchev–Trinajstić information content (AvgIpc) is 3.43. The Hall–Kier alpha value is -3.38. The lowest BCUT2D eigenvalue weighted by molar-refractivity contribution is 0.118. The monoisotopic (exact) mass is 480 g/mol. The van der Waals surface area contributed by atoms with Gasteiger partial charge in [0.15, 0.2) is 11.5 Å². The van der Waals surface area contributed by atoms with Gasteiger partial charge < -0.3 is 15.4 Å². The number of hydrogen-bond acceptors (Lipinski definition) is 7. The molecule has 3 atom stereocenters. The number of aromatic nitrogens is 4. The SMILES string of the molecule is CN([C@H]1C[C@@H](Nc2ncnc3nc(-c4cccc(-c5ccccc5)c4)[nH]c23)C[C@@H]1O)S(=O)(=O)O. The molecule has 0 unspecified atom stereocenters. The molecule has 4 aromatic rings. The molecule has 1 aliphatic rings. The molecule has 1 aliphatic carbocycles. The minimum atomic E-state index is -4.40. The molecule has 10 nitrogen and oxygen atoms in total. The molecule has 0 radical (unpaired) electrons. The summed E-state index contributed by atoms with van der Waals surface area (Å²) >= 11 is 0. The summed E-state index contributed by atoms with van der Waals surface area (Å²) in [5.74, 6) is 1.15.